The van der Waals surface area contributed by atoms with Gasteiger partial charge in [-0.15, -0.1) is 0 Å². The van der Waals surface area contributed by atoms with E-state index < -0.39 is 0 Å². The molecule has 0 fully saturated rings. The smallest absolute Gasteiger partial charge is 0.224 e. The second kappa shape index (κ2) is 10.2. The summed E-state index contributed by atoms with van der Waals surface area (Å²) in [6.07, 6.45) is 2.91. The maximum Gasteiger partial charge on any atom is 0.224 e. The van der Waals surface area contributed by atoms with Gasteiger partial charge in [0.15, 0.2) is 0 Å². The SMILES string of the molecule is CCC(=O)Nc1ccccc1.CCCCN. The minimum Gasteiger partial charge on any atom is -0.330 e. The van der Waals surface area contributed by atoms with Crippen LogP contribution in [0, 0.1) is 0 Å². The van der Waals surface area contributed by atoms with E-state index in [2.05, 4.69) is 12.2 Å². The van der Waals surface area contributed by atoms with E-state index in [1.807, 2.05) is 37.3 Å². The molecule has 0 aliphatic heterocycles. The number of unbranched alkanes of at least 4 members (excludes halogenated alkanes) is 1. The lowest BCUT2D eigenvalue weighted by molar-refractivity contribution is -0.115. The summed E-state index contributed by atoms with van der Waals surface area (Å²) in [7, 11) is 0. The average Bonchev–Trinajstić information content (AvgIpc) is 2.32. The van der Waals surface area contributed by atoms with Crippen LogP contribution in [0.2, 0.25) is 0 Å². The molecule has 1 rings (SSSR count). The first-order chi connectivity index (χ1) is 7.74. The van der Waals surface area contributed by atoms with Gasteiger partial charge in [-0.25, -0.2) is 0 Å². The van der Waals surface area contributed by atoms with Crippen molar-refractivity contribution >= 4 is 11.6 Å². The molecule has 0 bridgehead atoms. The number of amides is 1. The van der Waals surface area contributed by atoms with Crippen LogP contribution in [-0.2, 0) is 4.79 Å². The van der Waals surface area contributed by atoms with Crippen LogP contribution < -0.4 is 11.1 Å². The Bertz CT molecular complexity index is 271. The summed E-state index contributed by atoms with van der Waals surface area (Å²) in [5.74, 6) is 0.0520. The lowest BCUT2D eigenvalue weighted by atomic mass is 10.3. The molecule has 1 aromatic carbocycles. The van der Waals surface area contributed by atoms with Crippen molar-refractivity contribution in [3.63, 3.8) is 0 Å². The van der Waals surface area contributed by atoms with Crippen molar-refractivity contribution < 1.29 is 4.79 Å². The molecule has 0 aliphatic carbocycles. The zero-order valence-corrected chi connectivity index (χ0v) is 10.2. The van der Waals surface area contributed by atoms with E-state index in [1.165, 1.54) is 12.8 Å². The number of hydrogen-bond acceptors (Lipinski definition) is 2. The molecule has 0 unspecified atom stereocenters. The van der Waals surface area contributed by atoms with Crippen LogP contribution in [0.4, 0.5) is 5.69 Å². The fraction of sp³-hybridized carbons (Fsp3) is 0.462. The number of carbonyl (C=O) groups excluding carboxylic acids is 1. The first-order valence-electron chi connectivity index (χ1n) is 5.79. The molecule has 1 aromatic rings. The maximum absolute atomic E-state index is 10.9. The van der Waals surface area contributed by atoms with E-state index in [0.29, 0.717) is 6.42 Å². The largest absolute Gasteiger partial charge is 0.330 e. The molecule has 0 heterocycles. The van der Waals surface area contributed by atoms with E-state index in [9.17, 15) is 4.79 Å². The normalized spacial score (nSPS) is 8.94. The Labute approximate surface area is 98.0 Å². The van der Waals surface area contributed by atoms with Crippen LogP contribution in [0.25, 0.3) is 0 Å². The van der Waals surface area contributed by atoms with Crippen LogP contribution in [0.15, 0.2) is 30.3 Å². The van der Waals surface area contributed by atoms with Crippen LogP contribution in [0.5, 0.6) is 0 Å². The molecule has 0 radical (unpaired) electrons. The monoisotopic (exact) mass is 222 g/mol. The quantitative estimate of drug-likeness (QED) is 0.823. The van der Waals surface area contributed by atoms with Crippen molar-refractivity contribution in [3.05, 3.63) is 30.3 Å². The minimum atomic E-state index is 0.0520. The summed E-state index contributed by atoms with van der Waals surface area (Å²) >= 11 is 0. The van der Waals surface area contributed by atoms with Crippen LogP contribution >= 0.6 is 0 Å². The van der Waals surface area contributed by atoms with Crippen molar-refractivity contribution in [1.82, 2.24) is 0 Å². The Kier molecular flexibility index (Phi) is 9.32. The highest BCUT2D eigenvalue weighted by atomic mass is 16.1. The molecule has 0 aromatic heterocycles. The average molecular weight is 222 g/mol. The highest BCUT2D eigenvalue weighted by Gasteiger charge is 1.95. The molecule has 16 heavy (non-hydrogen) atoms. The number of rotatable bonds is 4. The third-order valence-electron chi connectivity index (χ3n) is 1.94. The molecule has 0 aliphatic rings. The van der Waals surface area contributed by atoms with Gasteiger partial charge in [-0.05, 0) is 25.1 Å². The maximum atomic E-state index is 10.9. The van der Waals surface area contributed by atoms with Gasteiger partial charge in [0, 0.05) is 12.1 Å². The Balaban J connectivity index is 0.000000385. The first-order valence-corrected chi connectivity index (χ1v) is 5.79. The van der Waals surface area contributed by atoms with E-state index in [1.54, 1.807) is 0 Å². The molecule has 3 N–H and O–H groups in total. The van der Waals surface area contributed by atoms with Crippen molar-refractivity contribution in [2.45, 2.75) is 33.1 Å². The third-order valence-corrected chi connectivity index (χ3v) is 1.94. The molecule has 3 heteroatoms. The molecule has 1 amide bonds. The van der Waals surface area contributed by atoms with Gasteiger partial charge in [0.05, 0.1) is 0 Å². The van der Waals surface area contributed by atoms with Crippen LogP contribution in [0.1, 0.15) is 33.1 Å². The van der Waals surface area contributed by atoms with E-state index in [0.717, 1.165) is 12.2 Å². The third kappa shape index (κ3) is 8.00. The van der Waals surface area contributed by atoms with Crippen LogP contribution in [0.3, 0.4) is 0 Å². The summed E-state index contributed by atoms with van der Waals surface area (Å²) in [6.45, 7) is 4.81. The second-order valence-electron chi connectivity index (χ2n) is 3.41. The fourth-order valence-corrected chi connectivity index (χ4v) is 0.975. The molecule has 0 saturated heterocycles. The molecule has 0 spiro atoms. The lowest BCUT2D eigenvalue weighted by Crippen LogP contribution is -2.08. The zero-order chi connectivity index (χ0) is 12.2. The molecule has 90 valence electrons. The minimum absolute atomic E-state index is 0.0520. The summed E-state index contributed by atoms with van der Waals surface area (Å²) in [4.78, 5) is 10.9. The predicted molar refractivity (Wildman–Crippen MR) is 69.3 cm³/mol. The van der Waals surface area contributed by atoms with Gasteiger partial charge in [-0.1, -0.05) is 38.5 Å². The number of anilines is 1. The van der Waals surface area contributed by atoms with E-state index in [4.69, 9.17) is 5.73 Å². The van der Waals surface area contributed by atoms with Crippen molar-refractivity contribution in [3.8, 4) is 0 Å². The van der Waals surface area contributed by atoms with Crippen molar-refractivity contribution in [2.24, 2.45) is 5.73 Å². The van der Waals surface area contributed by atoms with E-state index in [-0.39, 0.29) is 5.91 Å². The number of hydrogen-bond donors (Lipinski definition) is 2. The van der Waals surface area contributed by atoms with Crippen molar-refractivity contribution in [2.75, 3.05) is 11.9 Å². The van der Waals surface area contributed by atoms with Gasteiger partial charge in [0.25, 0.3) is 0 Å². The molecular weight excluding hydrogens is 200 g/mol. The molecular formula is C13H22N2O. The summed E-state index contributed by atoms with van der Waals surface area (Å²) < 4.78 is 0. The number of benzene rings is 1. The Morgan fingerprint density at radius 3 is 2.25 bits per heavy atom. The van der Waals surface area contributed by atoms with Gasteiger partial charge in [0.1, 0.15) is 0 Å². The number of nitrogens with one attached hydrogen (secondary N) is 1. The molecule has 0 atom stereocenters. The zero-order valence-electron chi connectivity index (χ0n) is 10.2. The highest BCUT2D eigenvalue weighted by molar-refractivity contribution is 5.90. The van der Waals surface area contributed by atoms with Gasteiger partial charge < -0.3 is 11.1 Å². The van der Waals surface area contributed by atoms with Gasteiger partial charge >= 0.3 is 0 Å². The number of para-hydroxylation sites is 1. The standard InChI is InChI=1S/C9H11NO.C4H11N/c1-2-9(11)10-8-6-4-3-5-7-8;1-2-3-4-5/h3-7H,2H2,1H3,(H,10,11);2-5H2,1H3. The summed E-state index contributed by atoms with van der Waals surface area (Å²) in [5, 5.41) is 2.75. The Morgan fingerprint density at radius 2 is 1.88 bits per heavy atom. The number of nitrogens with two attached hydrogens (primary N) is 1. The predicted octanol–water partition coefficient (Wildman–Crippen LogP) is 2.78. The highest BCUT2D eigenvalue weighted by Crippen LogP contribution is 2.04. The Morgan fingerprint density at radius 1 is 1.25 bits per heavy atom. The van der Waals surface area contributed by atoms with Gasteiger partial charge in [-0.3, -0.25) is 4.79 Å². The second-order valence-corrected chi connectivity index (χ2v) is 3.41. The van der Waals surface area contributed by atoms with Gasteiger partial charge in [0.2, 0.25) is 5.91 Å². The van der Waals surface area contributed by atoms with Gasteiger partial charge in [-0.2, -0.15) is 0 Å². The first kappa shape index (κ1) is 14.6. The molecule has 0 saturated carbocycles. The lowest BCUT2D eigenvalue weighted by Gasteiger charge is -2.00. The summed E-state index contributed by atoms with van der Waals surface area (Å²) in [5.41, 5.74) is 6.00. The van der Waals surface area contributed by atoms with Crippen LogP contribution in [-0.4, -0.2) is 12.5 Å². The van der Waals surface area contributed by atoms with Crippen molar-refractivity contribution in [1.29, 1.82) is 0 Å². The fourth-order valence-electron chi connectivity index (χ4n) is 0.975. The van der Waals surface area contributed by atoms with E-state index >= 15 is 0 Å². The Hall–Kier alpha value is -1.35. The topological polar surface area (TPSA) is 55.1 Å². The summed E-state index contributed by atoms with van der Waals surface area (Å²) in [6, 6.07) is 9.44. The molecule has 3 nitrogen and oxygen atoms in total. The number of carbonyl (C=O) groups is 1.